The molecule has 76 valence electrons. The summed E-state index contributed by atoms with van der Waals surface area (Å²) in [4.78, 5) is 11.3. The quantitative estimate of drug-likeness (QED) is 0.610. The molecule has 0 saturated heterocycles. The van der Waals surface area contributed by atoms with Gasteiger partial charge in [0.15, 0.2) is 5.76 Å². The molecule has 2 aromatic heterocycles. The minimum absolute atomic E-state index is 0.222. The van der Waals surface area contributed by atoms with Gasteiger partial charge >= 0.3 is 5.91 Å². The van der Waals surface area contributed by atoms with Crippen molar-refractivity contribution < 1.29 is 13.6 Å². The molecule has 0 spiro atoms. The first-order valence-electron chi connectivity index (χ1n) is 4.25. The molecule has 0 aliphatic heterocycles. The molecule has 1 amide bonds. The second-order valence-corrected chi connectivity index (χ2v) is 2.73. The summed E-state index contributed by atoms with van der Waals surface area (Å²) in [5, 5.41) is 3.73. The van der Waals surface area contributed by atoms with Gasteiger partial charge in [-0.1, -0.05) is 0 Å². The van der Waals surface area contributed by atoms with Crippen LogP contribution in [-0.2, 0) is 0 Å². The average Bonchev–Trinajstić information content (AvgIpc) is 2.90. The molecule has 5 nitrogen and oxygen atoms in total. The Morgan fingerprint density at radius 2 is 2.33 bits per heavy atom. The second-order valence-electron chi connectivity index (χ2n) is 2.73. The van der Waals surface area contributed by atoms with E-state index in [4.69, 9.17) is 8.83 Å². The average molecular weight is 204 g/mol. The van der Waals surface area contributed by atoms with Crippen LogP contribution in [0.25, 0.3) is 0 Å². The van der Waals surface area contributed by atoms with E-state index in [2.05, 4.69) is 10.5 Å². The summed E-state index contributed by atoms with van der Waals surface area (Å²) in [7, 11) is 0. The van der Waals surface area contributed by atoms with Gasteiger partial charge in [-0.05, 0) is 18.2 Å². The number of nitrogens with zero attached hydrogens (tertiary/aromatic N) is 1. The maximum atomic E-state index is 11.3. The summed E-state index contributed by atoms with van der Waals surface area (Å²) in [5.74, 6) is -0.168. The third-order valence-corrected chi connectivity index (χ3v) is 1.67. The van der Waals surface area contributed by atoms with E-state index in [1.54, 1.807) is 18.2 Å². The summed E-state index contributed by atoms with van der Waals surface area (Å²) >= 11 is 0. The van der Waals surface area contributed by atoms with Gasteiger partial charge in [0.1, 0.15) is 0 Å². The SMILES string of the molecule is O=C(N/N=C\c1ccoc1)c1ccco1. The maximum absolute atomic E-state index is 11.3. The molecule has 0 unspecified atom stereocenters. The largest absolute Gasteiger partial charge is 0.472 e. The molecule has 0 atom stereocenters. The summed E-state index contributed by atoms with van der Waals surface area (Å²) < 4.78 is 9.70. The number of hydrazone groups is 1. The number of rotatable bonds is 3. The molecule has 0 saturated carbocycles. The van der Waals surface area contributed by atoms with Crippen molar-refractivity contribution in [2.45, 2.75) is 0 Å². The smallest absolute Gasteiger partial charge is 0.307 e. The van der Waals surface area contributed by atoms with E-state index < -0.39 is 0 Å². The van der Waals surface area contributed by atoms with Crippen LogP contribution in [0, 0.1) is 0 Å². The van der Waals surface area contributed by atoms with Crippen molar-refractivity contribution in [3.8, 4) is 0 Å². The summed E-state index contributed by atoms with van der Waals surface area (Å²) in [6.45, 7) is 0. The van der Waals surface area contributed by atoms with Crippen LogP contribution in [0.2, 0.25) is 0 Å². The zero-order chi connectivity index (χ0) is 10.5. The molecular formula is C10H8N2O3. The van der Waals surface area contributed by atoms with Gasteiger partial charge in [0, 0.05) is 5.56 Å². The molecule has 1 N–H and O–H groups in total. The Labute approximate surface area is 85.4 Å². The van der Waals surface area contributed by atoms with Crippen LogP contribution in [0.1, 0.15) is 16.1 Å². The van der Waals surface area contributed by atoms with Gasteiger partial charge < -0.3 is 8.83 Å². The molecule has 2 aromatic rings. The van der Waals surface area contributed by atoms with Crippen molar-refractivity contribution in [2.24, 2.45) is 5.10 Å². The fourth-order valence-corrected chi connectivity index (χ4v) is 0.977. The number of carbonyl (C=O) groups is 1. The van der Waals surface area contributed by atoms with Crippen molar-refractivity contribution in [1.29, 1.82) is 0 Å². The fourth-order valence-electron chi connectivity index (χ4n) is 0.977. The van der Waals surface area contributed by atoms with E-state index >= 15 is 0 Å². The molecule has 0 aromatic carbocycles. The van der Waals surface area contributed by atoms with Gasteiger partial charge in [-0.15, -0.1) is 0 Å². The van der Waals surface area contributed by atoms with Crippen LogP contribution in [0.3, 0.4) is 0 Å². The molecule has 0 bridgehead atoms. The molecule has 2 rings (SSSR count). The van der Waals surface area contributed by atoms with E-state index in [9.17, 15) is 4.79 Å². The zero-order valence-corrected chi connectivity index (χ0v) is 7.71. The normalized spacial score (nSPS) is 10.7. The lowest BCUT2D eigenvalue weighted by Crippen LogP contribution is -2.16. The lowest BCUT2D eigenvalue weighted by Gasteiger charge is -1.93. The minimum Gasteiger partial charge on any atom is -0.472 e. The Morgan fingerprint density at radius 1 is 1.40 bits per heavy atom. The predicted molar refractivity (Wildman–Crippen MR) is 52.5 cm³/mol. The van der Waals surface area contributed by atoms with Crippen LogP contribution in [0.4, 0.5) is 0 Å². The van der Waals surface area contributed by atoms with Crippen molar-refractivity contribution in [3.63, 3.8) is 0 Å². The highest BCUT2D eigenvalue weighted by atomic mass is 16.3. The third-order valence-electron chi connectivity index (χ3n) is 1.67. The van der Waals surface area contributed by atoms with Crippen molar-refractivity contribution in [1.82, 2.24) is 5.43 Å². The van der Waals surface area contributed by atoms with Gasteiger partial charge in [0.25, 0.3) is 0 Å². The van der Waals surface area contributed by atoms with Gasteiger partial charge in [0.2, 0.25) is 0 Å². The number of amides is 1. The molecule has 0 aliphatic carbocycles. The third kappa shape index (κ3) is 2.34. The summed E-state index contributed by atoms with van der Waals surface area (Å²) in [5.41, 5.74) is 3.09. The second kappa shape index (κ2) is 4.28. The van der Waals surface area contributed by atoms with Crippen molar-refractivity contribution in [2.75, 3.05) is 0 Å². The van der Waals surface area contributed by atoms with Crippen LogP contribution in [0.15, 0.2) is 50.9 Å². The van der Waals surface area contributed by atoms with Gasteiger partial charge in [0.05, 0.1) is 25.0 Å². The topological polar surface area (TPSA) is 67.7 Å². The van der Waals surface area contributed by atoms with Crippen molar-refractivity contribution in [3.05, 3.63) is 48.3 Å². The molecule has 0 fully saturated rings. The molecule has 5 heteroatoms. The van der Waals surface area contributed by atoms with Crippen molar-refractivity contribution >= 4 is 12.1 Å². The molecular weight excluding hydrogens is 196 g/mol. The van der Waals surface area contributed by atoms with Crippen LogP contribution < -0.4 is 5.43 Å². The predicted octanol–water partition coefficient (Wildman–Crippen LogP) is 1.64. The molecule has 15 heavy (non-hydrogen) atoms. The number of furan rings is 2. The standard InChI is InChI=1S/C10H8N2O3/c13-10(9-2-1-4-15-9)12-11-6-8-3-5-14-7-8/h1-7H,(H,12,13)/b11-6-. The Kier molecular flexibility index (Phi) is 2.64. The minimum atomic E-state index is -0.389. The monoisotopic (exact) mass is 204 g/mol. The Morgan fingerprint density at radius 3 is 3.00 bits per heavy atom. The molecule has 0 radical (unpaired) electrons. The zero-order valence-electron chi connectivity index (χ0n) is 7.71. The highest BCUT2D eigenvalue weighted by Crippen LogP contribution is 1.99. The van der Waals surface area contributed by atoms with E-state index in [0.29, 0.717) is 0 Å². The van der Waals surface area contributed by atoms with Crippen LogP contribution in [-0.4, -0.2) is 12.1 Å². The van der Waals surface area contributed by atoms with Gasteiger partial charge in [-0.25, -0.2) is 5.43 Å². The number of hydrogen-bond donors (Lipinski definition) is 1. The Bertz CT molecular complexity index is 443. The van der Waals surface area contributed by atoms with Gasteiger partial charge in [-0.2, -0.15) is 5.10 Å². The van der Waals surface area contributed by atoms with E-state index in [1.165, 1.54) is 25.0 Å². The highest BCUT2D eigenvalue weighted by Gasteiger charge is 2.05. The fraction of sp³-hybridized carbons (Fsp3) is 0. The Balaban J connectivity index is 1.91. The Hall–Kier alpha value is -2.30. The van der Waals surface area contributed by atoms with Gasteiger partial charge in [-0.3, -0.25) is 4.79 Å². The highest BCUT2D eigenvalue weighted by molar-refractivity contribution is 5.92. The first-order valence-corrected chi connectivity index (χ1v) is 4.25. The van der Waals surface area contributed by atoms with E-state index in [-0.39, 0.29) is 11.7 Å². The number of carbonyl (C=O) groups excluding carboxylic acids is 1. The first-order chi connectivity index (χ1) is 7.36. The molecule has 0 aliphatic rings. The summed E-state index contributed by atoms with van der Waals surface area (Å²) in [6.07, 6.45) is 5.94. The maximum Gasteiger partial charge on any atom is 0.307 e. The summed E-state index contributed by atoms with van der Waals surface area (Å²) in [6, 6.07) is 4.92. The number of hydrogen-bond acceptors (Lipinski definition) is 4. The lowest BCUT2D eigenvalue weighted by molar-refractivity contribution is 0.0927. The van der Waals surface area contributed by atoms with E-state index in [1.807, 2.05) is 0 Å². The van der Waals surface area contributed by atoms with Crippen LogP contribution in [0.5, 0.6) is 0 Å². The first kappa shape index (κ1) is 9.26. The van der Waals surface area contributed by atoms with Crippen LogP contribution >= 0.6 is 0 Å². The molecule has 2 heterocycles. The lowest BCUT2D eigenvalue weighted by atomic mass is 10.4. The number of nitrogens with one attached hydrogen (secondary N) is 1. The van der Waals surface area contributed by atoms with E-state index in [0.717, 1.165) is 5.56 Å².